The minimum atomic E-state index is 0.240. The van der Waals surface area contributed by atoms with Gasteiger partial charge in [0.15, 0.2) is 0 Å². The van der Waals surface area contributed by atoms with Crippen molar-refractivity contribution in [1.82, 2.24) is 0 Å². The van der Waals surface area contributed by atoms with Gasteiger partial charge in [-0.1, -0.05) is 24.3 Å². The Hall–Kier alpha value is -2.27. The van der Waals surface area contributed by atoms with Crippen LogP contribution in [0.3, 0.4) is 0 Å². The molecule has 2 aromatic rings. The van der Waals surface area contributed by atoms with Crippen LogP contribution in [0.1, 0.15) is 5.56 Å². The Morgan fingerprint density at radius 1 is 0.812 bits per heavy atom. The molecule has 0 aromatic heterocycles. The first-order chi connectivity index (χ1) is 7.79. The summed E-state index contributed by atoms with van der Waals surface area (Å²) in [6.45, 7) is 0. The van der Waals surface area contributed by atoms with E-state index < -0.39 is 0 Å². The van der Waals surface area contributed by atoms with Gasteiger partial charge in [-0.2, -0.15) is 0 Å². The summed E-state index contributed by atoms with van der Waals surface area (Å²) >= 11 is 0. The molecule has 0 fully saturated rings. The van der Waals surface area contributed by atoms with Crippen LogP contribution < -0.4 is 0 Å². The minimum absolute atomic E-state index is 0.240. The van der Waals surface area contributed by atoms with Gasteiger partial charge >= 0.3 is 0 Å². The van der Waals surface area contributed by atoms with Crippen molar-refractivity contribution in [3.8, 4) is 29.0 Å². The molecule has 1 nitrogen and oxygen atoms in total. The Morgan fingerprint density at radius 2 is 1.31 bits per heavy atom. The molecule has 0 amide bonds. The molecule has 0 atom stereocenters. The molecule has 2 heteroatoms. The lowest BCUT2D eigenvalue weighted by Gasteiger charge is -2.01. The summed E-state index contributed by atoms with van der Waals surface area (Å²) in [7, 11) is 0. The number of aromatic hydroxyl groups is 1. The first-order valence-electron chi connectivity index (χ1n) is 4.81. The van der Waals surface area contributed by atoms with Gasteiger partial charge in [-0.25, -0.2) is 0 Å². The fourth-order valence-corrected chi connectivity index (χ4v) is 1.45. The highest BCUT2D eigenvalue weighted by Crippen LogP contribution is 2.21. The van der Waals surface area contributed by atoms with Gasteiger partial charge in [0.25, 0.3) is 0 Å². The monoisotopic (exact) mass is 212 g/mol. The zero-order chi connectivity index (χ0) is 11.4. The molecule has 0 saturated heterocycles. The summed E-state index contributed by atoms with van der Waals surface area (Å²) in [5, 5.41) is 9.16. The topological polar surface area (TPSA) is 20.2 Å². The number of phenolic OH excluding ortho intramolecular Hbond substituents is 1. The number of phenols is 1. The largest absolute Gasteiger partial charge is 0.508 e. The Morgan fingerprint density at radius 3 is 1.81 bits per heavy atom. The van der Waals surface area contributed by atoms with Gasteiger partial charge in [0.05, 0.1) is 0 Å². The van der Waals surface area contributed by atoms with E-state index >= 15 is 0 Å². The van der Waals surface area contributed by atoms with Crippen molar-refractivity contribution >= 4 is 0 Å². The third-order valence-electron chi connectivity index (χ3n) is 2.28. The summed E-state index contributed by atoms with van der Waals surface area (Å²) < 4.78 is 11.8. The second-order valence-electron chi connectivity index (χ2n) is 3.34. The number of benzene rings is 2. The van der Waals surface area contributed by atoms with Crippen molar-refractivity contribution in [2.45, 2.75) is 0 Å². The Kier molecular flexibility index (Phi) is 2.88. The van der Waals surface area contributed by atoms with E-state index in [-0.39, 0.29) is 5.75 Å². The highest BCUT2D eigenvalue weighted by atomic mass is 19.1. The molecule has 1 N–H and O–H groups in total. The summed E-state index contributed by atoms with van der Waals surface area (Å²) in [6, 6.07) is 14.2. The normalized spacial score (nSPS) is 9.31. The molecule has 0 heterocycles. The van der Waals surface area contributed by atoms with E-state index in [1.807, 2.05) is 24.3 Å². The van der Waals surface area contributed by atoms with Gasteiger partial charge in [-0.15, -0.1) is 4.39 Å². The summed E-state index contributed by atoms with van der Waals surface area (Å²) in [4.78, 5) is 0. The van der Waals surface area contributed by atoms with Crippen molar-refractivity contribution in [2.75, 3.05) is 0 Å². The third-order valence-corrected chi connectivity index (χ3v) is 2.28. The summed E-state index contributed by atoms with van der Waals surface area (Å²) in [6.07, 6.45) is 1.37. The average Bonchev–Trinajstić information content (AvgIpc) is 2.32. The van der Waals surface area contributed by atoms with E-state index in [0.717, 1.165) is 11.1 Å². The van der Waals surface area contributed by atoms with Crippen molar-refractivity contribution in [3.05, 3.63) is 54.1 Å². The third kappa shape index (κ3) is 2.21. The predicted octanol–water partition coefficient (Wildman–Crippen LogP) is 3.34. The van der Waals surface area contributed by atoms with Gasteiger partial charge in [-0.05, 0) is 41.3 Å². The van der Waals surface area contributed by atoms with Crippen molar-refractivity contribution < 1.29 is 9.50 Å². The SMILES string of the molecule is Oc1ccc(-c2ccc(C#CF)cc2)cc1. The lowest BCUT2D eigenvalue weighted by Crippen LogP contribution is -1.78. The van der Waals surface area contributed by atoms with E-state index in [0.29, 0.717) is 5.56 Å². The molecule has 78 valence electrons. The number of hydrogen-bond donors (Lipinski definition) is 1. The quantitative estimate of drug-likeness (QED) is 0.719. The Balaban J connectivity index is 2.33. The second-order valence-corrected chi connectivity index (χ2v) is 3.34. The zero-order valence-corrected chi connectivity index (χ0v) is 8.44. The van der Waals surface area contributed by atoms with Gasteiger partial charge in [-0.3, -0.25) is 0 Å². The molecule has 0 aliphatic heterocycles. The number of halogens is 1. The number of rotatable bonds is 1. The molecule has 0 saturated carbocycles. The van der Waals surface area contributed by atoms with Crippen LogP contribution in [0, 0.1) is 12.1 Å². The molecule has 0 unspecified atom stereocenters. The van der Waals surface area contributed by atoms with Crippen LogP contribution in [-0.4, -0.2) is 5.11 Å². The maximum atomic E-state index is 11.8. The van der Waals surface area contributed by atoms with Crippen LogP contribution in [0.15, 0.2) is 48.5 Å². The first kappa shape index (κ1) is 10.3. The molecule has 2 aromatic carbocycles. The van der Waals surface area contributed by atoms with E-state index in [4.69, 9.17) is 5.11 Å². The van der Waals surface area contributed by atoms with Crippen molar-refractivity contribution in [2.24, 2.45) is 0 Å². The van der Waals surface area contributed by atoms with Gasteiger partial charge < -0.3 is 5.11 Å². The standard InChI is InChI=1S/C14H9FO/c15-10-9-11-1-3-12(4-2-11)13-5-7-14(16)8-6-13/h1-8,16H. The summed E-state index contributed by atoms with van der Waals surface area (Å²) in [5.41, 5.74) is 2.65. The van der Waals surface area contributed by atoms with Crippen LogP contribution in [0.2, 0.25) is 0 Å². The first-order valence-corrected chi connectivity index (χ1v) is 4.81. The highest BCUT2D eigenvalue weighted by Gasteiger charge is 1.97. The van der Waals surface area contributed by atoms with E-state index in [1.165, 1.54) is 6.17 Å². The van der Waals surface area contributed by atoms with E-state index in [2.05, 4.69) is 5.92 Å². The van der Waals surface area contributed by atoms with Crippen LogP contribution >= 0.6 is 0 Å². The minimum Gasteiger partial charge on any atom is -0.508 e. The van der Waals surface area contributed by atoms with Gasteiger partial charge in [0, 0.05) is 5.56 Å². The second kappa shape index (κ2) is 4.50. The van der Waals surface area contributed by atoms with E-state index in [9.17, 15) is 4.39 Å². The smallest absolute Gasteiger partial charge is 0.115 e. The molecule has 0 radical (unpaired) electrons. The van der Waals surface area contributed by atoms with Crippen LogP contribution in [0.4, 0.5) is 4.39 Å². The lowest BCUT2D eigenvalue weighted by molar-refractivity contribution is 0.475. The molecule has 2 rings (SSSR count). The Labute approximate surface area is 93.2 Å². The molecule has 0 spiro atoms. The fraction of sp³-hybridized carbons (Fsp3) is 0. The van der Waals surface area contributed by atoms with Gasteiger partial charge in [0.1, 0.15) is 11.9 Å². The molecule has 0 aliphatic rings. The lowest BCUT2D eigenvalue weighted by atomic mass is 10.0. The predicted molar refractivity (Wildman–Crippen MR) is 61.5 cm³/mol. The molecular weight excluding hydrogens is 203 g/mol. The molecule has 0 aliphatic carbocycles. The fourth-order valence-electron chi connectivity index (χ4n) is 1.45. The Bertz CT molecular complexity index is 530. The van der Waals surface area contributed by atoms with Crippen molar-refractivity contribution in [1.29, 1.82) is 0 Å². The maximum Gasteiger partial charge on any atom is 0.115 e. The average molecular weight is 212 g/mol. The number of hydrogen-bond acceptors (Lipinski definition) is 1. The molecule has 0 bridgehead atoms. The molecular formula is C14H9FO. The van der Waals surface area contributed by atoms with Crippen LogP contribution in [-0.2, 0) is 0 Å². The van der Waals surface area contributed by atoms with Gasteiger partial charge in [0.2, 0.25) is 0 Å². The zero-order valence-electron chi connectivity index (χ0n) is 8.44. The van der Waals surface area contributed by atoms with Crippen LogP contribution in [0.25, 0.3) is 11.1 Å². The van der Waals surface area contributed by atoms with Crippen LogP contribution in [0.5, 0.6) is 5.75 Å². The highest BCUT2D eigenvalue weighted by molar-refractivity contribution is 5.64. The van der Waals surface area contributed by atoms with E-state index in [1.54, 1.807) is 24.3 Å². The van der Waals surface area contributed by atoms with Crippen molar-refractivity contribution in [3.63, 3.8) is 0 Å². The maximum absolute atomic E-state index is 11.8. The molecule has 16 heavy (non-hydrogen) atoms. The summed E-state index contributed by atoms with van der Waals surface area (Å²) in [5.74, 6) is 2.58.